The number of nitrogens with zero attached hydrogens (tertiary/aromatic N) is 4. The fourth-order valence-electron chi connectivity index (χ4n) is 4.25. The third kappa shape index (κ3) is 5.12. The van der Waals surface area contributed by atoms with Gasteiger partial charge in [-0.2, -0.15) is 4.31 Å². The van der Waals surface area contributed by atoms with Gasteiger partial charge in [-0.25, -0.2) is 17.8 Å². The van der Waals surface area contributed by atoms with E-state index >= 15 is 0 Å². The predicted molar refractivity (Wildman–Crippen MR) is 138 cm³/mol. The summed E-state index contributed by atoms with van der Waals surface area (Å²) in [4.78, 5) is 24.3. The highest BCUT2D eigenvalue weighted by Gasteiger charge is 2.36. The molecule has 1 fully saturated rings. The lowest BCUT2D eigenvalue weighted by atomic mass is 9.98. The van der Waals surface area contributed by atoms with E-state index in [9.17, 15) is 17.6 Å². The summed E-state index contributed by atoms with van der Waals surface area (Å²) in [5.41, 5.74) is 1.40. The van der Waals surface area contributed by atoms with Gasteiger partial charge in [-0.05, 0) is 66.9 Å². The minimum atomic E-state index is -3.78. The summed E-state index contributed by atoms with van der Waals surface area (Å²) in [5, 5.41) is 0.879. The Morgan fingerprint density at radius 3 is 2.75 bits per heavy atom. The Bertz CT molecular complexity index is 1500. The van der Waals surface area contributed by atoms with Gasteiger partial charge in [0, 0.05) is 30.5 Å². The van der Waals surface area contributed by atoms with Crippen LogP contribution in [0.3, 0.4) is 0 Å². The number of pyridine rings is 1. The van der Waals surface area contributed by atoms with Crippen molar-refractivity contribution in [3.8, 4) is 0 Å². The minimum Gasteiger partial charge on any atom is -0.283 e. The number of halogens is 2. The Labute approximate surface area is 217 Å². The molecule has 186 valence electrons. The molecule has 1 unspecified atom stereocenters. The summed E-state index contributed by atoms with van der Waals surface area (Å²) in [6.45, 7) is 0.611. The molecule has 0 aliphatic carbocycles. The minimum absolute atomic E-state index is 0.0624. The third-order valence-corrected chi connectivity index (χ3v) is 9.26. The number of aromatic nitrogens is 2. The zero-order valence-corrected chi connectivity index (χ0v) is 21.4. The van der Waals surface area contributed by atoms with Crippen molar-refractivity contribution in [1.82, 2.24) is 14.3 Å². The van der Waals surface area contributed by atoms with Crippen LogP contribution >= 0.6 is 22.9 Å². The van der Waals surface area contributed by atoms with Crippen molar-refractivity contribution in [2.24, 2.45) is 5.92 Å². The number of rotatable bonds is 6. The Balaban J connectivity index is 1.44. The SMILES string of the molecule is O=C(C1CCCN(S(=O)(=O)c2ccc(Cl)cc2)C1)N(Cc1cccnc1)c1nc2ccc(F)cc2s1. The zero-order valence-electron chi connectivity index (χ0n) is 19.0. The molecule has 0 bridgehead atoms. The van der Waals surface area contributed by atoms with E-state index in [2.05, 4.69) is 9.97 Å². The van der Waals surface area contributed by atoms with Crippen molar-refractivity contribution >= 4 is 54.2 Å². The van der Waals surface area contributed by atoms with Crippen LogP contribution in [0.25, 0.3) is 10.2 Å². The molecule has 2 aromatic carbocycles. The van der Waals surface area contributed by atoms with E-state index in [1.807, 2.05) is 6.07 Å². The first-order chi connectivity index (χ1) is 17.3. The van der Waals surface area contributed by atoms with Crippen LogP contribution in [-0.4, -0.2) is 41.7 Å². The first-order valence-corrected chi connectivity index (χ1v) is 14.0. The average molecular weight is 545 g/mol. The number of carbonyl (C=O) groups excluding carboxylic acids is 1. The fourth-order valence-corrected chi connectivity index (χ4v) is 6.90. The maximum Gasteiger partial charge on any atom is 0.243 e. The van der Waals surface area contributed by atoms with Crippen LogP contribution in [0.2, 0.25) is 5.02 Å². The van der Waals surface area contributed by atoms with Gasteiger partial charge in [-0.3, -0.25) is 14.7 Å². The molecule has 4 aromatic rings. The number of benzene rings is 2. The number of hydrogen-bond acceptors (Lipinski definition) is 6. The Morgan fingerprint density at radius 2 is 2.00 bits per heavy atom. The molecular weight excluding hydrogens is 523 g/mol. The number of piperidine rings is 1. The summed E-state index contributed by atoms with van der Waals surface area (Å²) in [7, 11) is -3.78. The molecule has 0 radical (unpaired) electrons. The van der Waals surface area contributed by atoms with Crippen molar-refractivity contribution < 1.29 is 17.6 Å². The summed E-state index contributed by atoms with van der Waals surface area (Å²) >= 11 is 7.15. The van der Waals surface area contributed by atoms with E-state index in [1.165, 1.54) is 52.0 Å². The fraction of sp³-hybridized carbons (Fsp3) is 0.240. The van der Waals surface area contributed by atoms with Crippen molar-refractivity contribution in [3.63, 3.8) is 0 Å². The number of thiazole rings is 1. The third-order valence-electron chi connectivity index (χ3n) is 6.08. The van der Waals surface area contributed by atoms with Gasteiger partial charge in [0.15, 0.2) is 5.13 Å². The molecule has 0 N–H and O–H groups in total. The highest BCUT2D eigenvalue weighted by atomic mass is 35.5. The average Bonchev–Trinajstić information content (AvgIpc) is 3.31. The van der Waals surface area contributed by atoms with Crippen LogP contribution in [0.1, 0.15) is 18.4 Å². The van der Waals surface area contributed by atoms with Gasteiger partial charge in [0.2, 0.25) is 15.9 Å². The standard InChI is InChI=1S/C25H22ClFN4O3S2/c26-19-5-8-21(9-6-19)36(33,34)30-12-2-4-18(16-30)24(32)31(15-17-3-1-11-28-14-17)25-29-22-10-7-20(27)13-23(22)35-25/h1,3,5-11,13-14,18H,2,4,12,15-16H2. The van der Waals surface area contributed by atoms with Gasteiger partial charge in [0.1, 0.15) is 5.82 Å². The van der Waals surface area contributed by atoms with Crippen LogP contribution in [0.15, 0.2) is 71.9 Å². The monoisotopic (exact) mass is 544 g/mol. The van der Waals surface area contributed by atoms with Crippen molar-refractivity contribution in [2.45, 2.75) is 24.3 Å². The summed E-state index contributed by atoms with van der Waals surface area (Å²) in [5.74, 6) is -1.16. The molecule has 1 aliphatic heterocycles. The molecule has 3 heterocycles. The predicted octanol–water partition coefficient (Wildman–Crippen LogP) is 5.12. The van der Waals surface area contributed by atoms with Crippen molar-refractivity contribution in [3.05, 3.63) is 83.4 Å². The highest BCUT2D eigenvalue weighted by Crippen LogP contribution is 2.33. The molecule has 5 rings (SSSR count). The van der Waals surface area contributed by atoms with E-state index in [0.717, 1.165) is 5.56 Å². The number of amides is 1. The van der Waals surface area contributed by atoms with Crippen LogP contribution in [0.4, 0.5) is 9.52 Å². The van der Waals surface area contributed by atoms with E-state index < -0.39 is 15.9 Å². The molecule has 1 aliphatic rings. The van der Waals surface area contributed by atoms with Gasteiger partial charge in [-0.15, -0.1) is 0 Å². The van der Waals surface area contributed by atoms with E-state index in [4.69, 9.17) is 11.6 Å². The second kappa shape index (κ2) is 10.2. The lowest BCUT2D eigenvalue weighted by molar-refractivity contribution is -0.123. The molecule has 7 nitrogen and oxygen atoms in total. The largest absolute Gasteiger partial charge is 0.283 e. The number of anilines is 1. The van der Waals surface area contributed by atoms with Crippen molar-refractivity contribution in [2.75, 3.05) is 18.0 Å². The summed E-state index contributed by atoms with van der Waals surface area (Å²) in [6.07, 6.45) is 4.42. The van der Waals surface area contributed by atoms with Gasteiger partial charge in [0.05, 0.1) is 27.6 Å². The van der Waals surface area contributed by atoms with Crippen LogP contribution in [0.5, 0.6) is 0 Å². The molecule has 2 aromatic heterocycles. The van der Waals surface area contributed by atoms with Crippen molar-refractivity contribution in [1.29, 1.82) is 0 Å². The molecule has 11 heteroatoms. The van der Waals surface area contributed by atoms with E-state index in [-0.39, 0.29) is 29.7 Å². The number of hydrogen-bond donors (Lipinski definition) is 0. The van der Waals surface area contributed by atoms with Gasteiger partial charge in [0.25, 0.3) is 0 Å². The van der Waals surface area contributed by atoms with Gasteiger partial charge in [-0.1, -0.05) is 29.0 Å². The summed E-state index contributed by atoms with van der Waals surface area (Å²) < 4.78 is 42.3. The molecule has 36 heavy (non-hydrogen) atoms. The molecule has 1 saturated heterocycles. The Hall–Kier alpha value is -2.92. The van der Waals surface area contributed by atoms with Gasteiger partial charge >= 0.3 is 0 Å². The summed E-state index contributed by atoms with van der Waals surface area (Å²) in [6, 6.07) is 14.0. The maximum atomic E-state index is 13.9. The zero-order chi connectivity index (χ0) is 25.3. The molecule has 1 amide bonds. The lowest BCUT2D eigenvalue weighted by Gasteiger charge is -2.33. The molecular formula is C25H22ClFN4O3S2. The van der Waals surface area contributed by atoms with Crippen LogP contribution in [0, 0.1) is 11.7 Å². The molecule has 0 spiro atoms. The molecule has 1 atom stereocenters. The lowest BCUT2D eigenvalue weighted by Crippen LogP contribution is -2.46. The number of carbonyl (C=O) groups is 1. The topological polar surface area (TPSA) is 83.5 Å². The smallest absolute Gasteiger partial charge is 0.243 e. The second-order valence-corrected chi connectivity index (χ2v) is 11.9. The Morgan fingerprint density at radius 1 is 1.19 bits per heavy atom. The maximum absolute atomic E-state index is 13.9. The van der Waals surface area contributed by atoms with Crippen LogP contribution < -0.4 is 4.90 Å². The number of fused-ring (bicyclic) bond motifs is 1. The second-order valence-electron chi connectivity index (χ2n) is 8.55. The molecule has 0 saturated carbocycles. The number of sulfonamides is 1. The Kier molecular flexibility index (Phi) is 7.03. The van der Waals surface area contributed by atoms with E-state index in [0.29, 0.717) is 39.8 Å². The first kappa shape index (κ1) is 24.8. The van der Waals surface area contributed by atoms with E-state index in [1.54, 1.807) is 29.4 Å². The van der Waals surface area contributed by atoms with Crippen LogP contribution in [-0.2, 0) is 21.4 Å². The first-order valence-electron chi connectivity index (χ1n) is 11.3. The highest BCUT2D eigenvalue weighted by molar-refractivity contribution is 7.89. The van der Waals surface area contributed by atoms with Gasteiger partial charge < -0.3 is 0 Å². The quantitative estimate of drug-likeness (QED) is 0.336. The normalized spacial score (nSPS) is 16.8.